The van der Waals surface area contributed by atoms with Crippen LogP contribution in [0.4, 0.5) is 0 Å². The van der Waals surface area contributed by atoms with Crippen LogP contribution in [0, 0.1) is 5.92 Å². The molecule has 1 aliphatic heterocycles. The molecule has 1 heterocycles. The third-order valence-corrected chi connectivity index (χ3v) is 3.71. The van der Waals surface area contributed by atoms with Crippen LogP contribution in [0.3, 0.4) is 0 Å². The maximum absolute atomic E-state index is 5.02. The van der Waals surface area contributed by atoms with E-state index in [1.54, 1.807) is 7.11 Å². The summed E-state index contributed by atoms with van der Waals surface area (Å²) in [5.41, 5.74) is 0. The van der Waals surface area contributed by atoms with Crippen molar-refractivity contribution in [3.8, 4) is 0 Å². The maximum Gasteiger partial charge on any atom is 0.0587 e. The number of nitrogens with zero attached hydrogens (tertiary/aromatic N) is 2. The SMILES string of the molecule is COCCNCC(C)N(C)CC1CCN(C)C1. The largest absolute Gasteiger partial charge is 0.383 e. The monoisotopic (exact) mass is 243 g/mol. The van der Waals surface area contributed by atoms with E-state index in [0.717, 1.165) is 25.6 Å². The normalized spacial score (nSPS) is 23.5. The lowest BCUT2D eigenvalue weighted by Gasteiger charge is -2.27. The molecule has 0 aromatic heterocycles. The third-order valence-electron chi connectivity index (χ3n) is 3.71. The number of likely N-dealkylation sites (tertiary alicyclic amines) is 1. The van der Waals surface area contributed by atoms with Gasteiger partial charge in [-0.15, -0.1) is 0 Å². The van der Waals surface area contributed by atoms with Gasteiger partial charge in [-0.3, -0.25) is 0 Å². The van der Waals surface area contributed by atoms with Crippen molar-refractivity contribution in [1.29, 1.82) is 0 Å². The molecule has 2 unspecified atom stereocenters. The Morgan fingerprint density at radius 1 is 1.53 bits per heavy atom. The van der Waals surface area contributed by atoms with Crippen molar-refractivity contribution in [3.63, 3.8) is 0 Å². The van der Waals surface area contributed by atoms with Crippen LogP contribution in [0.25, 0.3) is 0 Å². The zero-order valence-corrected chi connectivity index (χ0v) is 11.9. The van der Waals surface area contributed by atoms with E-state index >= 15 is 0 Å². The van der Waals surface area contributed by atoms with Crippen molar-refractivity contribution < 1.29 is 4.74 Å². The lowest BCUT2D eigenvalue weighted by Crippen LogP contribution is -2.41. The first-order valence-electron chi connectivity index (χ1n) is 6.72. The Kier molecular flexibility index (Phi) is 7.04. The van der Waals surface area contributed by atoms with E-state index in [-0.39, 0.29) is 0 Å². The van der Waals surface area contributed by atoms with Gasteiger partial charge in [-0.25, -0.2) is 0 Å². The predicted molar refractivity (Wildman–Crippen MR) is 72.4 cm³/mol. The molecule has 0 amide bonds. The zero-order valence-electron chi connectivity index (χ0n) is 11.9. The molecule has 1 aliphatic rings. The van der Waals surface area contributed by atoms with Gasteiger partial charge < -0.3 is 19.9 Å². The van der Waals surface area contributed by atoms with E-state index in [1.807, 2.05) is 0 Å². The molecule has 1 N–H and O–H groups in total. The van der Waals surface area contributed by atoms with Gasteiger partial charge in [0.05, 0.1) is 6.61 Å². The van der Waals surface area contributed by atoms with Gasteiger partial charge in [0.1, 0.15) is 0 Å². The third kappa shape index (κ3) is 5.82. The number of methoxy groups -OCH3 is 1. The van der Waals surface area contributed by atoms with Gasteiger partial charge >= 0.3 is 0 Å². The summed E-state index contributed by atoms with van der Waals surface area (Å²) in [6, 6.07) is 0.595. The van der Waals surface area contributed by atoms with Crippen LogP contribution in [0.15, 0.2) is 0 Å². The van der Waals surface area contributed by atoms with Gasteiger partial charge in [-0.1, -0.05) is 0 Å². The second-order valence-corrected chi connectivity index (χ2v) is 5.40. The number of hydrogen-bond donors (Lipinski definition) is 1. The molecule has 4 nitrogen and oxygen atoms in total. The summed E-state index contributed by atoms with van der Waals surface area (Å²) < 4.78 is 5.02. The highest BCUT2D eigenvalue weighted by Gasteiger charge is 2.22. The van der Waals surface area contributed by atoms with Crippen LogP contribution in [0.2, 0.25) is 0 Å². The van der Waals surface area contributed by atoms with Crippen molar-refractivity contribution in [2.75, 3.05) is 60.5 Å². The van der Waals surface area contributed by atoms with Crippen LogP contribution < -0.4 is 5.32 Å². The van der Waals surface area contributed by atoms with Crippen LogP contribution in [0.5, 0.6) is 0 Å². The molecule has 0 radical (unpaired) electrons. The molecule has 0 spiro atoms. The zero-order chi connectivity index (χ0) is 12.7. The maximum atomic E-state index is 5.02. The van der Waals surface area contributed by atoms with Gasteiger partial charge in [0.15, 0.2) is 0 Å². The van der Waals surface area contributed by atoms with E-state index in [2.05, 4.69) is 36.1 Å². The van der Waals surface area contributed by atoms with Crippen LogP contribution in [-0.2, 0) is 4.74 Å². The summed E-state index contributed by atoms with van der Waals surface area (Å²) >= 11 is 0. The van der Waals surface area contributed by atoms with Crippen molar-refractivity contribution in [3.05, 3.63) is 0 Å². The Morgan fingerprint density at radius 2 is 2.29 bits per heavy atom. The van der Waals surface area contributed by atoms with Gasteiger partial charge in [0.25, 0.3) is 0 Å². The molecular weight excluding hydrogens is 214 g/mol. The lowest BCUT2D eigenvalue weighted by atomic mass is 10.1. The fourth-order valence-corrected chi connectivity index (χ4v) is 2.40. The minimum absolute atomic E-state index is 0.595. The number of ether oxygens (including phenoxy) is 1. The summed E-state index contributed by atoms with van der Waals surface area (Å²) in [5, 5.41) is 3.42. The quantitative estimate of drug-likeness (QED) is 0.628. The Morgan fingerprint density at radius 3 is 2.88 bits per heavy atom. The molecule has 2 atom stereocenters. The topological polar surface area (TPSA) is 27.7 Å². The van der Waals surface area contributed by atoms with E-state index in [9.17, 15) is 0 Å². The van der Waals surface area contributed by atoms with Crippen molar-refractivity contribution >= 4 is 0 Å². The Bertz CT molecular complexity index is 201. The highest BCUT2D eigenvalue weighted by molar-refractivity contribution is 4.77. The molecule has 17 heavy (non-hydrogen) atoms. The Labute approximate surface area is 106 Å². The smallest absolute Gasteiger partial charge is 0.0587 e. The molecule has 1 saturated heterocycles. The highest BCUT2D eigenvalue weighted by atomic mass is 16.5. The molecule has 0 aromatic carbocycles. The summed E-state index contributed by atoms with van der Waals surface area (Å²) in [7, 11) is 6.20. The molecule has 102 valence electrons. The summed E-state index contributed by atoms with van der Waals surface area (Å²) in [6.07, 6.45) is 1.35. The second kappa shape index (κ2) is 8.03. The fraction of sp³-hybridized carbons (Fsp3) is 1.00. The Hall–Kier alpha value is -0.160. The first kappa shape index (κ1) is 14.9. The number of hydrogen-bond acceptors (Lipinski definition) is 4. The van der Waals surface area contributed by atoms with E-state index in [0.29, 0.717) is 6.04 Å². The second-order valence-electron chi connectivity index (χ2n) is 5.40. The minimum Gasteiger partial charge on any atom is -0.383 e. The van der Waals surface area contributed by atoms with Gasteiger partial charge in [0, 0.05) is 39.3 Å². The van der Waals surface area contributed by atoms with Crippen LogP contribution >= 0.6 is 0 Å². The Balaban J connectivity index is 2.11. The van der Waals surface area contributed by atoms with Crippen molar-refractivity contribution in [1.82, 2.24) is 15.1 Å². The number of nitrogens with one attached hydrogen (secondary N) is 1. The molecule has 0 aliphatic carbocycles. The fourth-order valence-electron chi connectivity index (χ4n) is 2.40. The summed E-state index contributed by atoms with van der Waals surface area (Å²) in [5.74, 6) is 0.853. The van der Waals surface area contributed by atoms with E-state index in [4.69, 9.17) is 4.74 Å². The molecule has 1 rings (SSSR count). The molecule has 4 heteroatoms. The van der Waals surface area contributed by atoms with Gasteiger partial charge in [0.2, 0.25) is 0 Å². The van der Waals surface area contributed by atoms with E-state index < -0.39 is 0 Å². The molecule has 1 fully saturated rings. The molecule has 0 aromatic rings. The first-order chi connectivity index (χ1) is 8.13. The van der Waals surface area contributed by atoms with E-state index in [1.165, 1.54) is 26.1 Å². The highest BCUT2D eigenvalue weighted by Crippen LogP contribution is 2.15. The lowest BCUT2D eigenvalue weighted by molar-refractivity contribution is 0.186. The standard InChI is InChI=1S/C13H29N3O/c1-12(9-14-6-8-17-4)16(3)11-13-5-7-15(2)10-13/h12-14H,5-11H2,1-4H3. The van der Waals surface area contributed by atoms with Crippen LogP contribution in [-0.4, -0.2) is 76.4 Å². The van der Waals surface area contributed by atoms with Crippen molar-refractivity contribution in [2.45, 2.75) is 19.4 Å². The minimum atomic E-state index is 0.595. The molecular formula is C13H29N3O. The molecule has 0 bridgehead atoms. The number of likely N-dealkylation sites (N-methyl/N-ethyl adjacent to an activating group) is 1. The predicted octanol–water partition coefficient (Wildman–Crippen LogP) is 0.494. The average Bonchev–Trinajstić information content (AvgIpc) is 2.70. The molecule has 0 saturated carbocycles. The van der Waals surface area contributed by atoms with Gasteiger partial charge in [-0.2, -0.15) is 0 Å². The average molecular weight is 243 g/mol. The summed E-state index contributed by atoms with van der Waals surface area (Å²) in [6.45, 7) is 8.82. The van der Waals surface area contributed by atoms with Crippen LogP contribution in [0.1, 0.15) is 13.3 Å². The summed E-state index contributed by atoms with van der Waals surface area (Å²) in [4.78, 5) is 4.91. The number of rotatable bonds is 8. The van der Waals surface area contributed by atoms with Crippen molar-refractivity contribution in [2.24, 2.45) is 5.92 Å². The first-order valence-corrected chi connectivity index (χ1v) is 6.72. The van der Waals surface area contributed by atoms with Gasteiger partial charge in [-0.05, 0) is 39.9 Å².